The van der Waals surface area contributed by atoms with Crippen LogP contribution in [-0.4, -0.2) is 25.0 Å². The first-order valence-electron chi connectivity index (χ1n) is 9.92. The van der Waals surface area contributed by atoms with Crippen molar-refractivity contribution in [3.8, 4) is 5.75 Å². The average molecular weight is 440 g/mol. The molecule has 0 aromatic heterocycles. The molecular weight excluding hydrogens is 414 g/mol. The van der Waals surface area contributed by atoms with Crippen molar-refractivity contribution in [2.45, 2.75) is 30.7 Å². The standard InChI is InChI=1S/C24H25NO3S2/c1-18-8-13-23(19(2)16-18)30(26,27)25-14-15-29-24(25)21-9-11-22(12-10-21)28-17-20-6-4-3-5-7-20/h3-13,16,24H,14-15,17H2,1-2H3. The van der Waals surface area contributed by atoms with Gasteiger partial charge in [-0.2, -0.15) is 4.31 Å². The third-order valence-electron chi connectivity index (χ3n) is 5.18. The number of hydrogen-bond acceptors (Lipinski definition) is 4. The van der Waals surface area contributed by atoms with Crippen molar-refractivity contribution in [3.05, 3.63) is 95.1 Å². The summed E-state index contributed by atoms with van der Waals surface area (Å²) in [6.45, 7) is 4.85. The third kappa shape index (κ3) is 4.41. The highest BCUT2D eigenvalue weighted by Crippen LogP contribution is 2.42. The lowest BCUT2D eigenvalue weighted by Crippen LogP contribution is -2.31. The van der Waals surface area contributed by atoms with Gasteiger partial charge >= 0.3 is 0 Å². The van der Waals surface area contributed by atoms with E-state index in [0.717, 1.165) is 33.8 Å². The van der Waals surface area contributed by atoms with Gasteiger partial charge in [-0.3, -0.25) is 0 Å². The fourth-order valence-electron chi connectivity index (χ4n) is 3.65. The quantitative estimate of drug-likeness (QED) is 0.522. The second-order valence-electron chi connectivity index (χ2n) is 7.45. The maximum atomic E-state index is 13.4. The molecule has 0 bridgehead atoms. The molecule has 0 amide bonds. The van der Waals surface area contributed by atoms with Crippen LogP contribution in [0.15, 0.2) is 77.7 Å². The minimum atomic E-state index is -3.56. The number of rotatable bonds is 6. The molecule has 0 saturated carbocycles. The number of hydrogen-bond donors (Lipinski definition) is 0. The van der Waals surface area contributed by atoms with Gasteiger partial charge in [0.2, 0.25) is 10.0 Å². The summed E-state index contributed by atoms with van der Waals surface area (Å²) < 4.78 is 34.2. The number of benzene rings is 3. The Morgan fingerprint density at radius 1 is 1.00 bits per heavy atom. The number of ether oxygens (including phenoxy) is 1. The van der Waals surface area contributed by atoms with E-state index in [0.29, 0.717) is 18.0 Å². The fraction of sp³-hybridized carbons (Fsp3) is 0.250. The molecule has 0 N–H and O–H groups in total. The predicted octanol–water partition coefficient (Wildman–Crippen LogP) is 5.32. The molecule has 0 aliphatic carbocycles. The number of aryl methyl sites for hydroxylation is 2. The van der Waals surface area contributed by atoms with Crippen LogP contribution in [0.5, 0.6) is 5.75 Å². The van der Waals surface area contributed by atoms with E-state index in [1.807, 2.05) is 80.6 Å². The van der Waals surface area contributed by atoms with E-state index in [2.05, 4.69) is 0 Å². The summed E-state index contributed by atoms with van der Waals surface area (Å²) in [5, 5.41) is -0.223. The first-order valence-corrected chi connectivity index (χ1v) is 12.4. The molecule has 0 radical (unpaired) electrons. The van der Waals surface area contributed by atoms with Gasteiger partial charge in [0.1, 0.15) is 12.4 Å². The van der Waals surface area contributed by atoms with Gasteiger partial charge in [0.15, 0.2) is 0 Å². The van der Waals surface area contributed by atoms with Gasteiger partial charge < -0.3 is 4.74 Å². The summed E-state index contributed by atoms with van der Waals surface area (Å²) in [5.41, 5.74) is 3.93. The van der Waals surface area contributed by atoms with Crippen molar-refractivity contribution < 1.29 is 13.2 Å². The van der Waals surface area contributed by atoms with Gasteiger partial charge in [-0.1, -0.05) is 60.2 Å². The maximum Gasteiger partial charge on any atom is 0.244 e. The molecular formula is C24H25NO3S2. The van der Waals surface area contributed by atoms with E-state index in [9.17, 15) is 8.42 Å². The van der Waals surface area contributed by atoms with Crippen molar-refractivity contribution in [2.24, 2.45) is 0 Å². The SMILES string of the molecule is Cc1ccc(S(=O)(=O)N2CCSC2c2ccc(OCc3ccccc3)cc2)c(C)c1. The zero-order valence-corrected chi connectivity index (χ0v) is 18.7. The highest BCUT2D eigenvalue weighted by molar-refractivity contribution is 8.01. The summed E-state index contributed by atoms with van der Waals surface area (Å²) in [6, 6.07) is 23.3. The lowest BCUT2D eigenvalue weighted by atomic mass is 10.2. The van der Waals surface area contributed by atoms with E-state index in [4.69, 9.17) is 4.74 Å². The molecule has 156 valence electrons. The summed E-state index contributed by atoms with van der Waals surface area (Å²) in [6.07, 6.45) is 0. The smallest absolute Gasteiger partial charge is 0.244 e. The summed E-state index contributed by atoms with van der Waals surface area (Å²) in [4.78, 5) is 0.392. The molecule has 1 fully saturated rings. The first-order chi connectivity index (χ1) is 14.4. The monoisotopic (exact) mass is 439 g/mol. The Balaban J connectivity index is 1.51. The zero-order valence-electron chi connectivity index (χ0n) is 17.1. The minimum absolute atomic E-state index is 0.223. The molecule has 4 rings (SSSR count). The van der Waals surface area contributed by atoms with Crippen LogP contribution in [0.2, 0.25) is 0 Å². The molecule has 1 aliphatic heterocycles. The van der Waals surface area contributed by atoms with Gasteiger partial charge in [-0.15, -0.1) is 11.8 Å². The van der Waals surface area contributed by atoms with Crippen molar-refractivity contribution in [1.29, 1.82) is 0 Å². The van der Waals surface area contributed by atoms with Gasteiger partial charge in [-0.25, -0.2) is 8.42 Å². The van der Waals surface area contributed by atoms with E-state index in [1.54, 1.807) is 22.1 Å². The first kappa shape index (κ1) is 21.0. The molecule has 30 heavy (non-hydrogen) atoms. The van der Waals surface area contributed by atoms with Crippen molar-refractivity contribution >= 4 is 21.8 Å². The van der Waals surface area contributed by atoms with Crippen molar-refractivity contribution in [3.63, 3.8) is 0 Å². The Bertz CT molecular complexity index is 1110. The topological polar surface area (TPSA) is 46.6 Å². The molecule has 3 aromatic carbocycles. The maximum absolute atomic E-state index is 13.4. The second-order valence-corrected chi connectivity index (χ2v) is 10.5. The molecule has 6 heteroatoms. The Labute approximate surface area is 182 Å². The normalized spacial score (nSPS) is 17.2. The van der Waals surface area contributed by atoms with Crippen LogP contribution in [0, 0.1) is 13.8 Å². The molecule has 1 atom stereocenters. The highest BCUT2D eigenvalue weighted by Gasteiger charge is 2.37. The molecule has 3 aromatic rings. The van der Waals surface area contributed by atoms with Crippen LogP contribution in [-0.2, 0) is 16.6 Å². The molecule has 1 heterocycles. The number of sulfonamides is 1. The van der Waals surface area contributed by atoms with E-state index < -0.39 is 10.0 Å². The second kappa shape index (κ2) is 8.84. The van der Waals surface area contributed by atoms with Gasteiger partial charge in [0.25, 0.3) is 0 Å². The minimum Gasteiger partial charge on any atom is -0.489 e. The Kier molecular flexibility index (Phi) is 6.18. The molecule has 1 aliphatic rings. The van der Waals surface area contributed by atoms with Gasteiger partial charge in [0.05, 0.1) is 10.3 Å². The van der Waals surface area contributed by atoms with Gasteiger partial charge in [-0.05, 0) is 48.7 Å². The lowest BCUT2D eigenvalue weighted by molar-refractivity contribution is 0.306. The van der Waals surface area contributed by atoms with Crippen LogP contribution < -0.4 is 4.74 Å². The van der Waals surface area contributed by atoms with Crippen molar-refractivity contribution in [1.82, 2.24) is 4.31 Å². The van der Waals surface area contributed by atoms with E-state index in [1.165, 1.54) is 0 Å². The van der Waals surface area contributed by atoms with Crippen LogP contribution in [0.1, 0.15) is 27.6 Å². The summed E-state index contributed by atoms with van der Waals surface area (Å²) >= 11 is 1.66. The van der Waals surface area contributed by atoms with E-state index in [-0.39, 0.29) is 5.37 Å². The summed E-state index contributed by atoms with van der Waals surface area (Å²) in [7, 11) is -3.56. The lowest BCUT2D eigenvalue weighted by Gasteiger charge is -2.24. The number of thioether (sulfide) groups is 1. The Morgan fingerprint density at radius 3 is 2.43 bits per heavy atom. The van der Waals surface area contributed by atoms with E-state index >= 15 is 0 Å². The van der Waals surface area contributed by atoms with Gasteiger partial charge in [0, 0.05) is 12.3 Å². The Hall–Kier alpha value is -2.28. The molecule has 4 nitrogen and oxygen atoms in total. The van der Waals surface area contributed by atoms with Crippen LogP contribution >= 0.6 is 11.8 Å². The largest absolute Gasteiger partial charge is 0.489 e. The van der Waals surface area contributed by atoms with Crippen LogP contribution in [0.3, 0.4) is 0 Å². The Morgan fingerprint density at radius 2 is 1.73 bits per heavy atom. The number of nitrogens with zero attached hydrogens (tertiary/aromatic N) is 1. The van der Waals surface area contributed by atoms with Crippen LogP contribution in [0.25, 0.3) is 0 Å². The zero-order chi connectivity index (χ0) is 21.1. The molecule has 1 unspecified atom stereocenters. The highest BCUT2D eigenvalue weighted by atomic mass is 32.2. The van der Waals surface area contributed by atoms with Crippen LogP contribution in [0.4, 0.5) is 0 Å². The third-order valence-corrected chi connectivity index (χ3v) is 8.60. The molecule has 1 saturated heterocycles. The molecule has 0 spiro atoms. The van der Waals surface area contributed by atoms with Crippen molar-refractivity contribution in [2.75, 3.05) is 12.3 Å². The predicted molar refractivity (Wildman–Crippen MR) is 122 cm³/mol. The fourth-order valence-corrected chi connectivity index (χ4v) is 7.10. The summed E-state index contributed by atoms with van der Waals surface area (Å²) in [5.74, 6) is 1.55. The average Bonchev–Trinajstić information content (AvgIpc) is 3.24.